The second kappa shape index (κ2) is 4.52. The van der Waals surface area contributed by atoms with Crippen LogP contribution >= 0.6 is 0 Å². The number of carboxylic acids is 1. The molecule has 0 aromatic carbocycles. The molecule has 1 fully saturated rings. The molecule has 0 unspecified atom stereocenters. The lowest BCUT2D eigenvalue weighted by atomic mass is 10.3. The van der Waals surface area contributed by atoms with Gasteiger partial charge in [0.25, 0.3) is 0 Å². The summed E-state index contributed by atoms with van der Waals surface area (Å²) in [6, 6.07) is 1.70. The molecule has 0 bridgehead atoms. The van der Waals surface area contributed by atoms with Crippen LogP contribution in [0.1, 0.15) is 23.2 Å². The summed E-state index contributed by atoms with van der Waals surface area (Å²) in [5.74, 6) is -3.40. The second-order valence-corrected chi connectivity index (χ2v) is 4.11. The Balaban J connectivity index is 2.29. The molecule has 2 rings (SSSR count). The van der Waals surface area contributed by atoms with Crippen molar-refractivity contribution in [3.63, 3.8) is 0 Å². The average Bonchev–Trinajstić information content (AvgIpc) is 3.13. The highest BCUT2D eigenvalue weighted by Gasteiger charge is 2.48. The summed E-state index contributed by atoms with van der Waals surface area (Å²) in [5, 5.41) is 8.67. The van der Waals surface area contributed by atoms with Crippen LogP contribution in [0.5, 0.6) is 0 Å². The number of carbonyl (C=O) groups excluding carboxylic acids is 1. The van der Waals surface area contributed by atoms with E-state index < -0.39 is 24.1 Å². The maximum Gasteiger partial charge on any atom is 0.471 e. The monoisotopic (exact) mass is 274 g/mol. The molecule has 1 amide bonds. The number of rotatable bonds is 3. The van der Waals surface area contributed by atoms with E-state index in [1.165, 1.54) is 0 Å². The normalized spacial score (nSPS) is 15.1. The zero-order chi connectivity index (χ0) is 14.2. The number of aromatic nitrogens is 1. The topological polar surface area (TPSA) is 70.5 Å². The van der Waals surface area contributed by atoms with Gasteiger partial charge in [-0.2, -0.15) is 13.2 Å². The molecule has 0 saturated heterocycles. The molecule has 1 aromatic rings. The number of carboxylic acid groups (broad SMARTS) is 1. The van der Waals surface area contributed by atoms with Gasteiger partial charge in [0, 0.05) is 12.2 Å². The molecule has 1 aliphatic carbocycles. The van der Waals surface area contributed by atoms with Crippen molar-refractivity contribution in [3.05, 3.63) is 23.9 Å². The van der Waals surface area contributed by atoms with Gasteiger partial charge in [0.05, 0.1) is 5.56 Å². The highest BCUT2D eigenvalue weighted by atomic mass is 19.4. The van der Waals surface area contributed by atoms with Crippen LogP contribution in [0.15, 0.2) is 18.3 Å². The molecular formula is C11H9F3N2O3. The number of nitrogens with zero attached hydrogens (tertiary/aromatic N) is 2. The number of anilines is 1. The first-order chi connectivity index (χ1) is 8.80. The van der Waals surface area contributed by atoms with Crippen LogP contribution in [0.25, 0.3) is 0 Å². The number of amides is 1. The highest BCUT2D eigenvalue weighted by molar-refractivity contribution is 5.97. The largest absolute Gasteiger partial charge is 0.478 e. The van der Waals surface area contributed by atoms with E-state index in [0.29, 0.717) is 17.7 Å². The van der Waals surface area contributed by atoms with E-state index in [9.17, 15) is 22.8 Å². The first-order valence-electron chi connectivity index (χ1n) is 5.40. The van der Waals surface area contributed by atoms with Crippen molar-refractivity contribution in [3.8, 4) is 0 Å². The quantitative estimate of drug-likeness (QED) is 0.913. The van der Waals surface area contributed by atoms with Crippen molar-refractivity contribution in [2.45, 2.75) is 25.1 Å². The van der Waals surface area contributed by atoms with Gasteiger partial charge in [-0.15, -0.1) is 0 Å². The lowest BCUT2D eigenvalue weighted by Crippen LogP contribution is -2.43. The number of pyridine rings is 1. The maximum absolute atomic E-state index is 12.5. The van der Waals surface area contributed by atoms with Gasteiger partial charge < -0.3 is 5.11 Å². The van der Waals surface area contributed by atoms with Crippen molar-refractivity contribution in [2.75, 3.05) is 4.90 Å². The van der Waals surface area contributed by atoms with Gasteiger partial charge in [-0.1, -0.05) is 0 Å². The Kier molecular flexibility index (Phi) is 3.17. The van der Waals surface area contributed by atoms with Crippen LogP contribution in [-0.2, 0) is 4.79 Å². The Morgan fingerprint density at radius 3 is 2.32 bits per heavy atom. The summed E-state index contributed by atoms with van der Waals surface area (Å²) in [6.45, 7) is 0. The lowest BCUT2D eigenvalue weighted by Gasteiger charge is -2.22. The number of aromatic carboxylic acids is 1. The minimum Gasteiger partial charge on any atom is -0.478 e. The number of hydrogen-bond donors (Lipinski definition) is 1. The lowest BCUT2D eigenvalue weighted by molar-refractivity contribution is -0.170. The molecule has 0 aliphatic heterocycles. The van der Waals surface area contributed by atoms with Gasteiger partial charge in [-0.3, -0.25) is 9.69 Å². The third-order valence-electron chi connectivity index (χ3n) is 2.61. The number of hydrogen-bond acceptors (Lipinski definition) is 3. The summed E-state index contributed by atoms with van der Waals surface area (Å²) in [6.07, 6.45) is -3.10. The van der Waals surface area contributed by atoms with Crippen molar-refractivity contribution >= 4 is 17.7 Å². The van der Waals surface area contributed by atoms with E-state index in [1.54, 1.807) is 0 Å². The van der Waals surface area contributed by atoms with Gasteiger partial charge >= 0.3 is 18.1 Å². The van der Waals surface area contributed by atoms with Gasteiger partial charge in [-0.05, 0) is 25.0 Å². The molecule has 8 heteroatoms. The molecule has 1 saturated carbocycles. The SMILES string of the molecule is O=C(O)c1ccc(N(C(=O)C(F)(F)F)C2CC2)nc1. The molecule has 1 N–H and O–H groups in total. The fourth-order valence-electron chi connectivity index (χ4n) is 1.58. The molecule has 5 nitrogen and oxygen atoms in total. The Bertz CT molecular complexity index is 509. The Hall–Kier alpha value is -2.12. The highest BCUT2D eigenvalue weighted by Crippen LogP contribution is 2.34. The predicted molar refractivity (Wildman–Crippen MR) is 57.8 cm³/mol. The Labute approximate surface area is 105 Å². The van der Waals surface area contributed by atoms with Crippen LogP contribution in [-0.4, -0.2) is 34.2 Å². The van der Waals surface area contributed by atoms with Crippen molar-refractivity contribution in [2.24, 2.45) is 0 Å². The molecular weight excluding hydrogens is 265 g/mol. The van der Waals surface area contributed by atoms with Crippen molar-refractivity contribution in [1.82, 2.24) is 4.98 Å². The Morgan fingerprint density at radius 2 is 1.95 bits per heavy atom. The van der Waals surface area contributed by atoms with Crippen LogP contribution in [0, 0.1) is 0 Å². The molecule has 1 aliphatic rings. The van der Waals surface area contributed by atoms with Crippen molar-refractivity contribution in [1.29, 1.82) is 0 Å². The smallest absolute Gasteiger partial charge is 0.471 e. The minimum absolute atomic E-state index is 0.154. The second-order valence-electron chi connectivity index (χ2n) is 4.11. The van der Waals surface area contributed by atoms with E-state index in [-0.39, 0.29) is 11.4 Å². The van der Waals surface area contributed by atoms with E-state index in [2.05, 4.69) is 4.98 Å². The third kappa shape index (κ3) is 2.83. The Morgan fingerprint density at radius 1 is 1.32 bits per heavy atom. The standard InChI is InChI=1S/C11H9F3N2O3/c12-11(13,14)10(19)16(7-2-3-7)8-4-1-6(5-15-8)9(17)18/h1,4-5,7H,2-3H2,(H,17,18). The first kappa shape index (κ1) is 13.3. The first-order valence-corrected chi connectivity index (χ1v) is 5.40. The maximum atomic E-state index is 12.5. The van der Waals surface area contributed by atoms with E-state index in [1.807, 2.05) is 0 Å². The van der Waals surface area contributed by atoms with E-state index in [4.69, 9.17) is 5.11 Å². The summed E-state index contributed by atoms with van der Waals surface area (Å²) in [7, 11) is 0. The van der Waals surface area contributed by atoms with Crippen LogP contribution in [0.4, 0.5) is 19.0 Å². The predicted octanol–water partition coefficient (Wildman–Crippen LogP) is 1.84. The van der Waals surface area contributed by atoms with Gasteiger partial charge in [-0.25, -0.2) is 9.78 Å². The summed E-state index contributed by atoms with van der Waals surface area (Å²) >= 11 is 0. The summed E-state index contributed by atoms with van der Waals surface area (Å²) in [4.78, 5) is 26.1. The van der Waals surface area contributed by atoms with Crippen molar-refractivity contribution < 1.29 is 27.9 Å². The molecule has 0 radical (unpaired) electrons. The molecule has 1 heterocycles. The molecule has 0 spiro atoms. The van der Waals surface area contributed by atoms with Crippen LogP contribution in [0.2, 0.25) is 0 Å². The molecule has 19 heavy (non-hydrogen) atoms. The zero-order valence-electron chi connectivity index (χ0n) is 9.52. The molecule has 102 valence electrons. The minimum atomic E-state index is -4.98. The van der Waals surface area contributed by atoms with E-state index in [0.717, 1.165) is 18.3 Å². The molecule has 1 aromatic heterocycles. The molecule has 0 atom stereocenters. The number of halogens is 3. The van der Waals surface area contributed by atoms with Gasteiger partial charge in [0.2, 0.25) is 0 Å². The van der Waals surface area contributed by atoms with E-state index >= 15 is 0 Å². The number of alkyl halides is 3. The summed E-state index contributed by atoms with van der Waals surface area (Å²) in [5.41, 5.74) is -0.154. The fourth-order valence-corrected chi connectivity index (χ4v) is 1.58. The van der Waals surface area contributed by atoms with Gasteiger partial charge in [0.1, 0.15) is 5.82 Å². The number of carbonyl (C=O) groups is 2. The van der Waals surface area contributed by atoms with Crippen LogP contribution in [0.3, 0.4) is 0 Å². The summed E-state index contributed by atoms with van der Waals surface area (Å²) < 4.78 is 37.4. The third-order valence-corrected chi connectivity index (χ3v) is 2.61. The fraction of sp³-hybridized carbons (Fsp3) is 0.364. The van der Waals surface area contributed by atoms with Gasteiger partial charge in [0.15, 0.2) is 0 Å². The van der Waals surface area contributed by atoms with Crippen LogP contribution < -0.4 is 4.90 Å². The average molecular weight is 274 g/mol. The zero-order valence-corrected chi connectivity index (χ0v) is 9.52.